The Hall–Kier alpha value is -4.47. The van der Waals surface area contributed by atoms with Gasteiger partial charge < -0.3 is 21.1 Å². The van der Waals surface area contributed by atoms with Crippen LogP contribution in [0.3, 0.4) is 0 Å². The second-order valence-electron chi connectivity index (χ2n) is 6.92. The molecule has 1 atom stereocenters. The Morgan fingerprint density at radius 1 is 1.06 bits per heavy atom. The molecule has 2 aromatic heterocycles. The third-order valence-corrected chi connectivity index (χ3v) is 4.55. The molecule has 1 unspecified atom stereocenters. The first-order chi connectivity index (χ1) is 15.6. The first-order valence-electron chi connectivity index (χ1n) is 9.88. The van der Waals surface area contributed by atoms with Crippen LogP contribution in [-0.4, -0.2) is 31.5 Å². The fourth-order valence-electron chi connectivity index (χ4n) is 3.13. The lowest BCUT2D eigenvalue weighted by molar-refractivity contribution is -0.121. The Bertz CT molecular complexity index is 1190. The summed E-state index contributed by atoms with van der Waals surface area (Å²) in [7, 11) is 0. The molecule has 10 nitrogen and oxygen atoms in total. The molecule has 0 aliphatic carbocycles. The first-order valence-corrected chi connectivity index (χ1v) is 9.88. The van der Waals surface area contributed by atoms with Crippen LogP contribution in [0.15, 0.2) is 73.1 Å². The van der Waals surface area contributed by atoms with E-state index in [1.807, 2.05) is 30.3 Å². The molecule has 3 amide bonds. The zero-order valence-corrected chi connectivity index (χ0v) is 17.0. The average Bonchev–Trinajstić information content (AvgIpc) is 3.21. The lowest BCUT2D eigenvalue weighted by atomic mass is 10.0. The minimum Gasteiger partial charge on any atom is -0.457 e. The van der Waals surface area contributed by atoms with E-state index >= 15 is 0 Å². The minimum atomic E-state index is -0.731. The molecule has 4 N–H and O–H groups in total. The van der Waals surface area contributed by atoms with Crippen molar-refractivity contribution in [3.63, 3.8) is 0 Å². The van der Waals surface area contributed by atoms with Crippen LogP contribution in [0.1, 0.15) is 23.9 Å². The van der Waals surface area contributed by atoms with Crippen LogP contribution in [0.25, 0.3) is 5.78 Å². The molecule has 4 aromatic rings. The monoisotopic (exact) mass is 431 g/mol. The van der Waals surface area contributed by atoms with Gasteiger partial charge >= 0.3 is 6.03 Å². The highest BCUT2D eigenvalue weighted by Crippen LogP contribution is 2.26. The molecule has 0 radical (unpaired) electrons. The number of amides is 3. The van der Waals surface area contributed by atoms with E-state index in [1.165, 1.54) is 4.52 Å². The number of nitrogens with two attached hydrogens (primary N) is 1. The predicted octanol–water partition coefficient (Wildman–Crippen LogP) is 2.33. The van der Waals surface area contributed by atoms with Crippen molar-refractivity contribution in [2.75, 3.05) is 0 Å². The first kappa shape index (κ1) is 20.8. The highest BCUT2D eigenvalue weighted by atomic mass is 16.5. The number of carbonyl (C=O) groups excluding carboxylic acids is 2. The maximum Gasteiger partial charge on any atom is 0.312 e. The van der Waals surface area contributed by atoms with Crippen molar-refractivity contribution < 1.29 is 14.3 Å². The number of primary amides is 1. The topological polar surface area (TPSA) is 137 Å². The number of nitrogens with zero attached hydrogens (tertiary/aromatic N) is 4. The van der Waals surface area contributed by atoms with Crippen LogP contribution in [0.5, 0.6) is 11.5 Å². The molecule has 162 valence electrons. The van der Waals surface area contributed by atoms with E-state index in [0.29, 0.717) is 28.7 Å². The molecule has 0 aliphatic heterocycles. The highest BCUT2D eigenvalue weighted by molar-refractivity contribution is 5.78. The zero-order chi connectivity index (χ0) is 22.3. The fraction of sp³-hybridized carbons (Fsp3) is 0.136. The van der Waals surface area contributed by atoms with Crippen molar-refractivity contribution in [3.05, 3.63) is 84.4 Å². The summed E-state index contributed by atoms with van der Waals surface area (Å²) < 4.78 is 7.37. The third-order valence-electron chi connectivity index (χ3n) is 4.55. The molecular weight excluding hydrogens is 410 g/mol. The Kier molecular flexibility index (Phi) is 6.21. The number of ether oxygens (including phenoxy) is 1. The van der Waals surface area contributed by atoms with E-state index in [2.05, 4.69) is 25.7 Å². The van der Waals surface area contributed by atoms with Gasteiger partial charge in [-0.2, -0.15) is 4.98 Å². The summed E-state index contributed by atoms with van der Waals surface area (Å²) in [5.41, 5.74) is 6.02. The van der Waals surface area contributed by atoms with Crippen LogP contribution in [-0.2, 0) is 11.3 Å². The Morgan fingerprint density at radius 2 is 1.88 bits per heavy atom. The molecule has 0 bridgehead atoms. The van der Waals surface area contributed by atoms with E-state index in [-0.39, 0.29) is 18.9 Å². The standard InChI is InChI=1S/C22H21N7O3/c23-21(31)26-18(15-6-4-9-17(12-15)32-16-7-2-1-3-8-16)13-20(30)25-14-19-27-22-24-10-5-11-29(22)28-19/h1-12,18H,13-14H2,(H,25,30)(H3,23,26,31). The number of hydrogen-bond acceptors (Lipinski definition) is 6. The second kappa shape index (κ2) is 9.56. The Labute approximate surface area is 183 Å². The molecule has 32 heavy (non-hydrogen) atoms. The summed E-state index contributed by atoms with van der Waals surface area (Å²) in [4.78, 5) is 32.4. The van der Waals surface area contributed by atoms with E-state index in [4.69, 9.17) is 10.5 Å². The lowest BCUT2D eigenvalue weighted by Gasteiger charge is -2.18. The van der Waals surface area contributed by atoms with E-state index in [9.17, 15) is 9.59 Å². The van der Waals surface area contributed by atoms with Gasteiger partial charge in [-0.25, -0.2) is 14.3 Å². The van der Waals surface area contributed by atoms with Gasteiger partial charge in [-0.05, 0) is 35.9 Å². The summed E-state index contributed by atoms with van der Waals surface area (Å²) in [6.45, 7) is 0.128. The maximum absolute atomic E-state index is 12.6. The summed E-state index contributed by atoms with van der Waals surface area (Å²) in [6.07, 6.45) is 3.31. The fourth-order valence-corrected chi connectivity index (χ4v) is 3.13. The van der Waals surface area contributed by atoms with Gasteiger partial charge in [0.05, 0.1) is 19.0 Å². The number of rotatable bonds is 8. The van der Waals surface area contributed by atoms with Crippen molar-refractivity contribution in [3.8, 4) is 11.5 Å². The summed E-state index contributed by atoms with van der Waals surface area (Å²) in [5.74, 6) is 1.82. The molecule has 0 saturated carbocycles. The van der Waals surface area contributed by atoms with Crippen molar-refractivity contribution in [1.82, 2.24) is 30.2 Å². The average molecular weight is 431 g/mol. The number of carbonyl (C=O) groups is 2. The smallest absolute Gasteiger partial charge is 0.312 e. The van der Waals surface area contributed by atoms with Crippen molar-refractivity contribution >= 4 is 17.7 Å². The van der Waals surface area contributed by atoms with E-state index < -0.39 is 12.1 Å². The summed E-state index contributed by atoms with van der Waals surface area (Å²) in [5, 5.41) is 9.62. The van der Waals surface area contributed by atoms with Crippen molar-refractivity contribution in [2.24, 2.45) is 5.73 Å². The number of aromatic nitrogens is 4. The highest BCUT2D eigenvalue weighted by Gasteiger charge is 2.19. The van der Waals surface area contributed by atoms with Gasteiger partial charge in [0, 0.05) is 12.4 Å². The van der Waals surface area contributed by atoms with Gasteiger partial charge in [0.25, 0.3) is 5.78 Å². The molecule has 0 aliphatic rings. The van der Waals surface area contributed by atoms with Gasteiger partial charge in [-0.1, -0.05) is 30.3 Å². The largest absolute Gasteiger partial charge is 0.457 e. The number of para-hydroxylation sites is 1. The molecular formula is C22H21N7O3. The lowest BCUT2D eigenvalue weighted by Crippen LogP contribution is -2.36. The van der Waals surface area contributed by atoms with E-state index in [1.54, 1.807) is 42.7 Å². The molecule has 0 spiro atoms. The van der Waals surface area contributed by atoms with Crippen LogP contribution in [0, 0.1) is 0 Å². The van der Waals surface area contributed by atoms with Crippen LogP contribution in [0.4, 0.5) is 4.79 Å². The third kappa shape index (κ3) is 5.36. The summed E-state index contributed by atoms with van der Waals surface area (Å²) in [6, 6.07) is 16.8. The van der Waals surface area contributed by atoms with Gasteiger partial charge in [0.2, 0.25) is 5.91 Å². The Morgan fingerprint density at radius 3 is 2.66 bits per heavy atom. The normalized spacial score (nSPS) is 11.6. The maximum atomic E-state index is 12.6. The van der Waals surface area contributed by atoms with Crippen LogP contribution in [0.2, 0.25) is 0 Å². The number of benzene rings is 2. The van der Waals surface area contributed by atoms with Gasteiger partial charge in [0.15, 0.2) is 5.82 Å². The van der Waals surface area contributed by atoms with Crippen molar-refractivity contribution in [1.29, 1.82) is 0 Å². The SMILES string of the molecule is NC(=O)NC(CC(=O)NCc1nc2ncccn2n1)c1cccc(Oc2ccccc2)c1. The number of nitrogens with one attached hydrogen (secondary N) is 2. The molecule has 0 saturated heterocycles. The molecule has 0 fully saturated rings. The molecule has 10 heteroatoms. The van der Waals surface area contributed by atoms with Gasteiger partial charge in [-0.15, -0.1) is 5.10 Å². The quantitative estimate of drug-likeness (QED) is 0.392. The van der Waals surface area contributed by atoms with Gasteiger partial charge in [-0.3, -0.25) is 4.79 Å². The number of hydrogen-bond donors (Lipinski definition) is 3. The predicted molar refractivity (Wildman–Crippen MR) is 116 cm³/mol. The number of fused-ring (bicyclic) bond motifs is 1. The minimum absolute atomic E-state index is 0.0245. The van der Waals surface area contributed by atoms with Gasteiger partial charge in [0.1, 0.15) is 11.5 Å². The molecule has 2 aromatic carbocycles. The Balaban J connectivity index is 1.43. The molecule has 4 rings (SSSR count). The second-order valence-corrected chi connectivity index (χ2v) is 6.92. The van der Waals surface area contributed by atoms with Crippen LogP contribution >= 0.6 is 0 Å². The molecule has 2 heterocycles. The summed E-state index contributed by atoms with van der Waals surface area (Å²) >= 11 is 0. The van der Waals surface area contributed by atoms with Crippen molar-refractivity contribution in [2.45, 2.75) is 19.0 Å². The zero-order valence-electron chi connectivity index (χ0n) is 17.0. The van der Waals surface area contributed by atoms with E-state index in [0.717, 1.165) is 0 Å². The number of urea groups is 1. The van der Waals surface area contributed by atoms with Crippen LogP contribution < -0.4 is 21.1 Å².